The van der Waals surface area contributed by atoms with Crippen molar-refractivity contribution in [2.45, 2.75) is 31.9 Å². The minimum absolute atomic E-state index is 0.104. The van der Waals surface area contributed by atoms with Crippen LogP contribution in [-0.4, -0.2) is 42.0 Å². The summed E-state index contributed by atoms with van der Waals surface area (Å²) in [7, 11) is 0. The Kier molecular flexibility index (Phi) is 4.58. The van der Waals surface area contributed by atoms with Gasteiger partial charge in [0.2, 0.25) is 5.91 Å². The number of hydrogen-bond acceptors (Lipinski definition) is 4. The van der Waals surface area contributed by atoms with E-state index in [1.54, 1.807) is 4.90 Å². The highest BCUT2D eigenvalue weighted by Gasteiger charge is 2.44. The maximum absolute atomic E-state index is 12.7. The number of piperazine rings is 1. The Morgan fingerprint density at radius 1 is 1.16 bits per heavy atom. The summed E-state index contributed by atoms with van der Waals surface area (Å²) < 4.78 is 37.8. The maximum Gasteiger partial charge on any atom is 0.417 e. The van der Waals surface area contributed by atoms with Crippen LogP contribution >= 0.6 is 0 Å². The molecule has 2 aliphatic rings. The molecule has 1 aromatic rings. The summed E-state index contributed by atoms with van der Waals surface area (Å²) in [6.07, 6.45) is -0.547. The molecule has 2 fully saturated rings. The quantitative estimate of drug-likeness (QED) is 0.821. The molecule has 8 heteroatoms. The molecule has 1 aliphatic heterocycles. The van der Waals surface area contributed by atoms with Gasteiger partial charge in [-0.1, -0.05) is 12.8 Å². The number of alkyl halides is 3. The molecule has 0 spiro atoms. The van der Waals surface area contributed by atoms with Crippen molar-refractivity contribution in [3.05, 3.63) is 23.9 Å². The van der Waals surface area contributed by atoms with Gasteiger partial charge in [-0.2, -0.15) is 18.4 Å². The number of amides is 1. The van der Waals surface area contributed by atoms with Gasteiger partial charge >= 0.3 is 6.18 Å². The number of hydrogen-bond donors (Lipinski definition) is 0. The van der Waals surface area contributed by atoms with Crippen LogP contribution in [0.1, 0.15) is 31.2 Å². The monoisotopic (exact) mass is 352 g/mol. The minimum Gasteiger partial charge on any atom is -0.353 e. The molecule has 1 amide bonds. The molecule has 3 rings (SSSR count). The second kappa shape index (κ2) is 6.54. The van der Waals surface area contributed by atoms with Gasteiger partial charge in [0.15, 0.2) is 0 Å². The summed E-state index contributed by atoms with van der Waals surface area (Å²) in [5, 5.41) is 9.43. The van der Waals surface area contributed by atoms with Crippen molar-refractivity contribution in [3.8, 4) is 6.07 Å². The van der Waals surface area contributed by atoms with E-state index < -0.39 is 17.2 Å². The second-order valence-electron chi connectivity index (χ2n) is 6.58. The van der Waals surface area contributed by atoms with Gasteiger partial charge in [-0.3, -0.25) is 4.79 Å². The molecule has 134 valence electrons. The molecule has 0 bridgehead atoms. The Morgan fingerprint density at radius 3 is 2.28 bits per heavy atom. The third-order valence-electron chi connectivity index (χ3n) is 5.05. The first-order chi connectivity index (χ1) is 11.9. The van der Waals surface area contributed by atoms with Crippen molar-refractivity contribution in [1.29, 1.82) is 5.26 Å². The predicted molar refractivity (Wildman–Crippen MR) is 84.5 cm³/mol. The lowest BCUT2D eigenvalue weighted by atomic mass is 9.86. The first kappa shape index (κ1) is 17.5. The third-order valence-corrected chi connectivity index (χ3v) is 5.05. The zero-order valence-electron chi connectivity index (χ0n) is 13.7. The van der Waals surface area contributed by atoms with E-state index in [4.69, 9.17) is 0 Å². The Balaban J connectivity index is 1.62. The Bertz CT molecular complexity index is 667. The first-order valence-electron chi connectivity index (χ1n) is 8.35. The zero-order valence-corrected chi connectivity index (χ0v) is 13.7. The van der Waals surface area contributed by atoms with Crippen LogP contribution in [0.25, 0.3) is 0 Å². The van der Waals surface area contributed by atoms with Crippen molar-refractivity contribution >= 4 is 11.7 Å². The number of carbonyl (C=O) groups is 1. The lowest BCUT2D eigenvalue weighted by Crippen LogP contribution is -2.52. The van der Waals surface area contributed by atoms with Crippen molar-refractivity contribution in [3.63, 3.8) is 0 Å². The number of aromatic nitrogens is 1. The molecule has 1 aromatic heterocycles. The Morgan fingerprint density at radius 2 is 1.80 bits per heavy atom. The highest BCUT2D eigenvalue weighted by atomic mass is 19.4. The fraction of sp³-hybridized carbons (Fsp3) is 0.588. The average Bonchev–Trinajstić information content (AvgIpc) is 3.11. The molecule has 25 heavy (non-hydrogen) atoms. The van der Waals surface area contributed by atoms with Crippen molar-refractivity contribution in [2.24, 2.45) is 5.41 Å². The topological polar surface area (TPSA) is 60.2 Å². The van der Waals surface area contributed by atoms with Crippen molar-refractivity contribution in [2.75, 3.05) is 31.1 Å². The second-order valence-corrected chi connectivity index (χ2v) is 6.58. The van der Waals surface area contributed by atoms with Gasteiger partial charge in [-0.25, -0.2) is 4.98 Å². The summed E-state index contributed by atoms with van der Waals surface area (Å²) in [6.45, 7) is 1.88. The number of carbonyl (C=O) groups excluding carboxylic acids is 1. The van der Waals surface area contributed by atoms with Crippen LogP contribution in [0.3, 0.4) is 0 Å². The molecule has 2 heterocycles. The molecule has 1 saturated heterocycles. The lowest BCUT2D eigenvalue weighted by molar-refractivity contribution is -0.139. The minimum atomic E-state index is -4.40. The molecule has 0 atom stereocenters. The van der Waals surface area contributed by atoms with E-state index in [1.807, 2.05) is 4.90 Å². The zero-order chi connectivity index (χ0) is 18.1. The fourth-order valence-electron chi connectivity index (χ4n) is 3.53. The smallest absolute Gasteiger partial charge is 0.353 e. The Hall–Kier alpha value is -2.30. The number of rotatable bonds is 2. The van der Waals surface area contributed by atoms with Crippen LogP contribution in [0, 0.1) is 16.7 Å². The third kappa shape index (κ3) is 3.41. The molecule has 5 nitrogen and oxygen atoms in total. The van der Waals surface area contributed by atoms with Crippen LogP contribution in [0.4, 0.5) is 19.0 Å². The van der Waals surface area contributed by atoms with Gasteiger partial charge in [0.1, 0.15) is 11.2 Å². The molecular weight excluding hydrogens is 333 g/mol. The highest BCUT2D eigenvalue weighted by Crippen LogP contribution is 2.39. The molecule has 0 unspecified atom stereocenters. The molecule has 0 N–H and O–H groups in total. The van der Waals surface area contributed by atoms with E-state index in [-0.39, 0.29) is 5.91 Å². The van der Waals surface area contributed by atoms with Gasteiger partial charge in [0.05, 0.1) is 11.6 Å². The largest absolute Gasteiger partial charge is 0.417 e. The van der Waals surface area contributed by atoms with E-state index >= 15 is 0 Å². The molecule has 0 radical (unpaired) electrons. The number of nitriles is 1. The van der Waals surface area contributed by atoms with Gasteiger partial charge in [-0.15, -0.1) is 0 Å². The van der Waals surface area contributed by atoms with E-state index in [0.29, 0.717) is 44.8 Å². The van der Waals surface area contributed by atoms with Crippen LogP contribution < -0.4 is 4.90 Å². The predicted octanol–water partition coefficient (Wildman–Crippen LogP) is 2.83. The highest BCUT2D eigenvalue weighted by molar-refractivity contribution is 5.86. The van der Waals surface area contributed by atoms with E-state index in [9.17, 15) is 23.2 Å². The van der Waals surface area contributed by atoms with Crippen molar-refractivity contribution < 1.29 is 18.0 Å². The normalized spacial score (nSPS) is 20.4. The van der Waals surface area contributed by atoms with Crippen LogP contribution in [0.15, 0.2) is 18.3 Å². The number of pyridine rings is 1. The average molecular weight is 352 g/mol. The maximum atomic E-state index is 12.7. The SMILES string of the molecule is N#CC1(C(=O)N2CCN(c3ccc(C(F)(F)F)cn3)CC2)CCCC1. The lowest BCUT2D eigenvalue weighted by Gasteiger charge is -2.38. The summed E-state index contributed by atoms with van der Waals surface area (Å²) >= 11 is 0. The number of halogens is 3. The summed E-state index contributed by atoms with van der Waals surface area (Å²) in [4.78, 5) is 20.2. The van der Waals surface area contributed by atoms with Crippen molar-refractivity contribution in [1.82, 2.24) is 9.88 Å². The Labute approximate surface area is 144 Å². The van der Waals surface area contributed by atoms with Crippen LogP contribution in [-0.2, 0) is 11.0 Å². The molecule has 1 saturated carbocycles. The summed E-state index contributed by atoms with van der Waals surface area (Å²) in [6, 6.07) is 4.59. The summed E-state index contributed by atoms with van der Waals surface area (Å²) in [5.74, 6) is 0.364. The van der Waals surface area contributed by atoms with Gasteiger partial charge in [0.25, 0.3) is 0 Å². The van der Waals surface area contributed by atoms with Gasteiger partial charge < -0.3 is 9.80 Å². The van der Waals surface area contributed by atoms with Crippen LogP contribution in [0.2, 0.25) is 0 Å². The first-order valence-corrected chi connectivity index (χ1v) is 8.35. The summed E-state index contributed by atoms with van der Waals surface area (Å²) in [5.41, 5.74) is -1.66. The van der Waals surface area contributed by atoms with Gasteiger partial charge in [0, 0.05) is 32.4 Å². The molecule has 1 aliphatic carbocycles. The number of anilines is 1. The number of nitrogens with zero attached hydrogens (tertiary/aromatic N) is 4. The standard InChI is InChI=1S/C17H19F3N4O/c18-17(19,20)13-3-4-14(22-11-13)23-7-9-24(10-8-23)15(25)16(12-21)5-1-2-6-16/h3-4,11H,1-2,5-10H2. The van der Waals surface area contributed by atoms with Gasteiger partial charge in [-0.05, 0) is 25.0 Å². The van der Waals surface area contributed by atoms with E-state index in [1.165, 1.54) is 6.07 Å². The van der Waals surface area contributed by atoms with E-state index in [0.717, 1.165) is 25.1 Å². The van der Waals surface area contributed by atoms with Crippen LogP contribution in [0.5, 0.6) is 0 Å². The van der Waals surface area contributed by atoms with E-state index in [2.05, 4.69) is 11.1 Å². The fourth-order valence-corrected chi connectivity index (χ4v) is 3.53. The molecular formula is C17H19F3N4O. The molecule has 0 aromatic carbocycles.